The Morgan fingerprint density at radius 3 is 2.43 bits per heavy atom. The molecule has 2 fully saturated rings. The molecule has 6 nitrogen and oxygen atoms in total. The van der Waals surface area contributed by atoms with Gasteiger partial charge in [0.1, 0.15) is 0 Å². The lowest BCUT2D eigenvalue weighted by Gasteiger charge is -2.42. The fraction of sp³-hybridized carbons (Fsp3) is 0.882. The summed E-state index contributed by atoms with van der Waals surface area (Å²) in [6.07, 6.45) is 6.18. The van der Waals surface area contributed by atoms with E-state index in [-0.39, 0.29) is 30.7 Å². The summed E-state index contributed by atoms with van der Waals surface area (Å²) in [4.78, 5) is 24.9. The molecule has 2 aliphatic carbocycles. The minimum Gasteiger partial charge on any atom is -0.480 e. The highest BCUT2D eigenvalue weighted by molar-refractivity contribution is 5.74. The number of hydrogen-bond acceptors (Lipinski definition) is 3. The van der Waals surface area contributed by atoms with Crippen molar-refractivity contribution in [3.63, 3.8) is 0 Å². The van der Waals surface area contributed by atoms with Crippen molar-refractivity contribution in [3.8, 4) is 0 Å². The molecule has 0 aromatic heterocycles. The van der Waals surface area contributed by atoms with E-state index in [2.05, 4.69) is 24.5 Å². The molecule has 132 valence electrons. The number of carbonyl (C=O) groups excluding carboxylic acids is 1. The number of amides is 2. The number of hydrogen-bond donors (Lipinski definition) is 3. The lowest BCUT2D eigenvalue weighted by atomic mass is 9.75. The van der Waals surface area contributed by atoms with Crippen LogP contribution < -0.4 is 10.6 Å². The number of rotatable bonds is 6. The number of nitrogens with one attached hydrogen (secondary N) is 2. The van der Waals surface area contributed by atoms with Gasteiger partial charge in [-0.25, -0.2) is 4.79 Å². The van der Waals surface area contributed by atoms with Crippen LogP contribution in [-0.4, -0.2) is 53.2 Å². The molecule has 3 N–H and O–H groups in total. The Morgan fingerprint density at radius 1 is 1.22 bits per heavy atom. The fourth-order valence-electron chi connectivity index (χ4n) is 3.91. The number of urea groups is 1. The zero-order valence-electron chi connectivity index (χ0n) is 14.6. The van der Waals surface area contributed by atoms with Gasteiger partial charge in [0, 0.05) is 18.1 Å². The van der Waals surface area contributed by atoms with Crippen LogP contribution in [0, 0.1) is 5.41 Å². The fourth-order valence-corrected chi connectivity index (χ4v) is 3.91. The largest absolute Gasteiger partial charge is 0.480 e. The second-order valence-corrected chi connectivity index (χ2v) is 7.85. The van der Waals surface area contributed by atoms with Crippen molar-refractivity contribution in [2.75, 3.05) is 13.1 Å². The van der Waals surface area contributed by atoms with Crippen molar-refractivity contribution in [1.29, 1.82) is 0 Å². The number of likely N-dealkylation sites (N-methyl/N-ethyl adjacent to an activating group) is 1. The van der Waals surface area contributed by atoms with Gasteiger partial charge in [0.25, 0.3) is 0 Å². The molecule has 2 aliphatic rings. The molecule has 1 unspecified atom stereocenters. The first-order valence-corrected chi connectivity index (χ1v) is 8.82. The topological polar surface area (TPSA) is 81.7 Å². The smallest absolute Gasteiger partial charge is 0.317 e. The quantitative estimate of drug-likeness (QED) is 0.699. The van der Waals surface area contributed by atoms with E-state index >= 15 is 0 Å². The first-order chi connectivity index (χ1) is 10.8. The third-order valence-corrected chi connectivity index (χ3v) is 5.25. The maximum Gasteiger partial charge on any atom is 0.317 e. The Labute approximate surface area is 139 Å². The Balaban J connectivity index is 1.68. The van der Waals surface area contributed by atoms with E-state index in [1.807, 2.05) is 11.8 Å². The number of carboxylic acids is 1. The van der Waals surface area contributed by atoms with Crippen molar-refractivity contribution in [1.82, 2.24) is 15.5 Å². The van der Waals surface area contributed by atoms with E-state index in [1.54, 1.807) is 0 Å². The maximum absolute atomic E-state index is 12.1. The van der Waals surface area contributed by atoms with E-state index in [0.29, 0.717) is 5.41 Å². The molecule has 0 radical (unpaired) electrons. The monoisotopic (exact) mass is 325 g/mol. The van der Waals surface area contributed by atoms with Crippen molar-refractivity contribution in [3.05, 3.63) is 0 Å². The second-order valence-electron chi connectivity index (χ2n) is 7.85. The van der Waals surface area contributed by atoms with Crippen LogP contribution in [0.25, 0.3) is 0 Å². The average Bonchev–Trinajstić information content (AvgIpc) is 2.38. The zero-order chi connectivity index (χ0) is 17.0. The van der Waals surface area contributed by atoms with Crippen molar-refractivity contribution in [2.24, 2.45) is 5.41 Å². The molecular weight excluding hydrogens is 294 g/mol. The predicted molar refractivity (Wildman–Crippen MR) is 89.4 cm³/mol. The van der Waals surface area contributed by atoms with Crippen molar-refractivity contribution in [2.45, 2.75) is 77.4 Å². The molecule has 6 heteroatoms. The Kier molecular flexibility index (Phi) is 5.89. The van der Waals surface area contributed by atoms with Crippen LogP contribution >= 0.6 is 0 Å². The van der Waals surface area contributed by atoms with Gasteiger partial charge >= 0.3 is 12.0 Å². The van der Waals surface area contributed by atoms with Gasteiger partial charge in [-0.3, -0.25) is 9.69 Å². The van der Waals surface area contributed by atoms with Crippen molar-refractivity contribution >= 4 is 12.0 Å². The first-order valence-electron chi connectivity index (χ1n) is 8.82. The minimum absolute atomic E-state index is 0.0718. The summed E-state index contributed by atoms with van der Waals surface area (Å²) >= 11 is 0. The number of carbonyl (C=O) groups is 2. The lowest BCUT2D eigenvalue weighted by Crippen LogP contribution is -2.57. The summed E-state index contributed by atoms with van der Waals surface area (Å²) in [6.45, 7) is 7.31. The van der Waals surface area contributed by atoms with Crippen LogP contribution in [0.15, 0.2) is 0 Å². The molecule has 2 amide bonds. The van der Waals surface area contributed by atoms with E-state index in [1.165, 1.54) is 12.8 Å². The molecule has 0 aromatic carbocycles. The van der Waals surface area contributed by atoms with Gasteiger partial charge < -0.3 is 15.7 Å². The second kappa shape index (κ2) is 7.51. The van der Waals surface area contributed by atoms with Crippen LogP contribution in [0.2, 0.25) is 0 Å². The van der Waals surface area contributed by atoms with Gasteiger partial charge in [-0.1, -0.05) is 27.2 Å². The van der Waals surface area contributed by atoms with E-state index in [4.69, 9.17) is 5.11 Å². The molecule has 0 bridgehead atoms. The maximum atomic E-state index is 12.1. The van der Waals surface area contributed by atoms with Gasteiger partial charge in [0.2, 0.25) is 0 Å². The molecule has 2 rings (SSSR count). The van der Waals surface area contributed by atoms with Crippen LogP contribution in [0.5, 0.6) is 0 Å². The van der Waals surface area contributed by atoms with E-state index in [0.717, 1.165) is 32.2 Å². The van der Waals surface area contributed by atoms with Gasteiger partial charge in [0.05, 0.1) is 6.54 Å². The van der Waals surface area contributed by atoms with Crippen LogP contribution in [0.4, 0.5) is 4.79 Å². The highest BCUT2D eigenvalue weighted by atomic mass is 16.4. The third kappa shape index (κ3) is 5.37. The summed E-state index contributed by atoms with van der Waals surface area (Å²) in [7, 11) is 0. The Hall–Kier alpha value is -1.30. The van der Waals surface area contributed by atoms with Gasteiger partial charge in [0.15, 0.2) is 0 Å². The van der Waals surface area contributed by atoms with E-state index < -0.39 is 5.97 Å². The summed E-state index contributed by atoms with van der Waals surface area (Å²) in [5.41, 5.74) is 0.316. The Morgan fingerprint density at radius 2 is 1.87 bits per heavy atom. The van der Waals surface area contributed by atoms with Crippen molar-refractivity contribution < 1.29 is 14.7 Å². The van der Waals surface area contributed by atoms with Crippen LogP contribution in [0.1, 0.15) is 59.3 Å². The normalized spacial score (nSPS) is 29.7. The lowest BCUT2D eigenvalue weighted by molar-refractivity contribution is -0.139. The predicted octanol–water partition coefficient (Wildman–Crippen LogP) is 2.19. The first kappa shape index (κ1) is 18.0. The molecule has 0 spiro atoms. The summed E-state index contributed by atoms with van der Waals surface area (Å²) in [6, 6.07) is 0.640. The molecule has 0 heterocycles. The van der Waals surface area contributed by atoms with E-state index in [9.17, 15) is 9.59 Å². The summed E-state index contributed by atoms with van der Waals surface area (Å²) < 4.78 is 0. The van der Waals surface area contributed by atoms with Gasteiger partial charge in [-0.15, -0.1) is 0 Å². The highest BCUT2D eigenvalue weighted by Crippen LogP contribution is 2.35. The molecule has 1 atom stereocenters. The standard InChI is InChI=1S/C17H31N3O3/c1-4-20(11-15(21)22)14-8-13(9-14)19-16(23)18-12-6-5-7-17(2,3)10-12/h12-14H,4-11H2,1-3H3,(H,21,22)(H2,18,19,23). The van der Waals surface area contributed by atoms with Crippen LogP contribution in [0.3, 0.4) is 0 Å². The SMILES string of the molecule is CCN(CC(=O)O)C1CC(NC(=O)NC2CCCC(C)(C)C2)C1. The number of carboxylic acid groups (broad SMARTS) is 1. The zero-order valence-corrected chi connectivity index (χ0v) is 14.6. The van der Waals surface area contributed by atoms with Gasteiger partial charge in [-0.2, -0.15) is 0 Å². The molecule has 23 heavy (non-hydrogen) atoms. The number of aliphatic carboxylic acids is 1. The molecule has 2 saturated carbocycles. The number of nitrogens with zero attached hydrogens (tertiary/aromatic N) is 1. The molecular formula is C17H31N3O3. The minimum atomic E-state index is -0.791. The van der Waals surface area contributed by atoms with Gasteiger partial charge in [-0.05, 0) is 44.1 Å². The molecule has 0 saturated heterocycles. The Bertz CT molecular complexity index is 433. The summed E-state index contributed by atoms with van der Waals surface area (Å²) in [5.74, 6) is -0.791. The molecule has 0 aliphatic heterocycles. The molecule has 0 aromatic rings. The summed E-state index contributed by atoms with van der Waals surface area (Å²) in [5, 5.41) is 15.0. The third-order valence-electron chi connectivity index (χ3n) is 5.25. The highest BCUT2D eigenvalue weighted by Gasteiger charge is 2.35. The van der Waals surface area contributed by atoms with Crippen LogP contribution in [-0.2, 0) is 4.79 Å². The average molecular weight is 325 g/mol.